The first-order chi connectivity index (χ1) is 5.38. The highest BCUT2D eigenvalue weighted by atomic mass is 16.2. The number of nitrogens with zero attached hydrogens (tertiary/aromatic N) is 4. The number of carbonyl (C=O) groups is 1. The van der Waals surface area contributed by atoms with Gasteiger partial charge in [-0.3, -0.25) is 9.79 Å². The van der Waals surface area contributed by atoms with Crippen LogP contribution in [0.4, 0.5) is 0 Å². The van der Waals surface area contributed by atoms with Crippen LogP contribution < -0.4 is 5.32 Å². The lowest BCUT2D eigenvalue weighted by molar-refractivity contribution is -0.111. The number of hydrogen-bond acceptors (Lipinski definition) is 5. The molecule has 6 heteroatoms. The van der Waals surface area contributed by atoms with Gasteiger partial charge in [0, 0.05) is 6.54 Å². The van der Waals surface area contributed by atoms with Crippen LogP contribution in [0.5, 0.6) is 0 Å². The van der Waals surface area contributed by atoms with Gasteiger partial charge in [0.2, 0.25) is 0 Å². The van der Waals surface area contributed by atoms with E-state index in [0.29, 0.717) is 12.4 Å². The van der Waals surface area contributed by atoms with Gasteiger partial charge in [-0.2, -0.15) is 0 Å². The molecule has 0 atom stereocenters. The zero-order valence-electron chi connectivity index (χ0n) is 5.61. The predicted octanol–water partition coefficient (Wildman–Crippen LogP) is -0.663. The van der Waals surface area contributed by atoms with E-state index in [9.17, 15) is 4.79 Å². The Morgan fingerprint density at radius 3 is 2.91 bits per heavy atom. The Bertz CT molecular complexity index is 289. The summed E-state index contributed by atoms with van der Waals surface area (Å²) in [6.45, 7) is 1.43. The van der Waals surface area contributed by atoms with Crippen LogP contribution in [0.25, 0.3) is 0 Å². The predicted molar refractivity (Wildman–Crippen MR) is 37.6 cm³/mol. The maximum absolute atomic E-state index is 10.8. The summed E-state index contributed by atoms with van der Waals surface area (Å²) < 4.78 is 0. The Morgan fingerprint density at radius 2 is 2.36 bits per heavy atom. The molecule has 6 nitrogen and oxygen atoms in total. The minimum Gasteiger partial charge on any atom is -0.366 e. The molecule has 11 heavy (non-hydrogen) atoms. The monoisotopic (exact) mass is 151 g/mol. The largest absolute Gasteiger partial charge is 0.366 e. The van der Waals surface area contributed by atoms with Gasteiger partial charge in [-0.25, -0.2) is 0 Å². The van der Waals surface area contributed by atoms with E-state index >= 15 is 0 Å². The zero-order valence-corrected chi connectivity index (χ0v) is 5.61. The van der Waals surface area contributed by atoms with Crippen molar-refractivity contribution in [3.63, 3.8) is 0 Å². The summed E-state index contributed by atoms with van der Waals surface area (Å²) in [7, 11) is 0. The highest BCUT2D eigenvalue weighted by Gasteiger charge is 2.23. The highest BCUT2D eigenvalue weighted by Crippen LogP contribution is 2.00. The van der Waals surface area contributed by atoms with E-state index < -0.39 is 5.91 Å². The standard InChI is InChI=1S/C5H5N5O/c11-5-3(8-10-9-5)4-6-1-2-7-4/h1-2H2,(H,6,7). The molecule has 2 heterocycles. The van der Waals surface area contributed by atoms with Crippen molar-refractivity contribution in [1.29, 1.82) is 0 Å². The minimum atomic E-state index is -0.418. The molecule has 56 valence electrons. The molecule has 0 saturated heterocycles. The lowest BCUT2D eigenvalue weighted by Gasteiger charge is -1.94. The van der Waals surface area contributed by atoms with E-state index in [-0.39, 0.29) is 5.71 Å². The smallest absolute Gasteiger partial charge is 0.321 e. The molecule has 0 radical (unpaired) electrons. The van der Waals surface area contributed by atoms with Crippen LogP contribution in [0.1, 0.15) is 0 Å². The number of hydrogen-bond donors (Lipinski definition) is 1. The van der Waals surface area contributed by atoms with Gasteiger partial charge in [-0.05, 0) is 5.22 Å². The molecular weight excluding hydrogens is 146 g/mol. The number of rotatable bonds is 1. The van der Waals surface area contributed by atoms with E-state index in [1.54, 1.807) is 0 Å². The van der Waals surface area contributed by atoms with Crippen LogP contribution in [-0.2, 0) is 4.79 Å². The molecule has 0 bridgehead atoms. The van der Waals surface area contributed by atoms with Crippen molar-refractivity contribution in [1.82, 2.24) is 5.32 Å². The lowest BCUT2D eigenvalue weighted by atomic mass is 10.3. The molecule has 0 saturated carbocycles. The fourth-order valence-electron chi connectivity index (χ4n) is 0.903. The Labute approximate surface area is 62.1 Å². The van der Waals surface area contributed by atoms with Gasteiger partial charge in [0.15, 0.2) is 11.5 Å². The summed E-state index contributed by atoms with van der Waals surface area (Å²) in [5.74, 6) is 0.0955. The number of aliphatic imine (C=N–C) groups is 1. The third-order valence-electron chi connectivity index (χ3n) is 1.38. The first-order valence-electron chi connectivity index (χ1n) is 3.19. The van der Waals surface area contributed by atoms with Crippen LogP contribution >= 0.6 is 0 Å². The molecule has 2 rings (SSSR count). The van der Waals surface area contributed by atoms with Gasteiger partial charge in [0.1, 0.15) is 0 Å². The Hall–Kier alpha value is -1.59. The molecule has 0 aromatic rings. The number of amides is 1. The van der Waals surface area contributed by atoms with Crippen LogP contribution in [0.3, 0.4) is 0 Å². The Balaban J connectivity index is 2.24. The molecule has 0 aromatic carbocycles. The third kappa shape index (κ3) is 0.917. The highest BCUT2D eigenvalue weighted by molar-refractivity contribution is 6.67. The normalized spacial score (nSPS) is 21.6. The van der Waals surface area contributed by atoms with Crippen molar-refractivity contribution in [3.05, 3.63) is 0 Å². The summed E-state index contributed by atoms with van der Waals surface area (Å²) in [4.78, 5) is 14.9. The second-order valence-electron chi connectivity index (χ2n) is 2.10. The van der Waals surface area contributed by atoms with E-state index in [1.807, 2.05) is 0 Å². The molecule has 0 spiro atoms. The summed E-state index contributed by atoms with van der Waals surface area (Å²) in [6.07, 6.45) is 0. The maximum Gasteiger partial charge on any atom is 0.321 e. The molecule has 0 aromatic heterocycles. The fourth-order valence-corrected chi connectivity index (χ4v) is 0.903. The topological polar surface area (TPSA) is 78.5 Å². The van der Waals surface area contributed by atoms with E-state index in [4.69, 9.17) is 0 Å². The van der Waals surface area contributed by atoms with Crippen LogP contribution in [-0.4, -0.2) is 30.5 Å². The lowest BCUT2D eigenvalue weighted by Crippen LogP contribution is -2.30. The Kier molecular flexibility index (Phi) is 1.24. The molecule has 0 unspecified atom stereocenters. The van der Waals surface area contributed by atoms with Gasteiger partial charge in [-0.15, -0.1) is 5.10 Å². The average molecular weight is 151 g/mol. The van der Waals surface area contributed by atoms with Gasteiger partial charge in [0.25, 0.3) is 0 Å². The minimum absolute atomic E-state index is 0.225. The average Bonchev–Trinajstić information content (AvgIpc) is 2.55. The van der Waals surface area contributed by atoms with Crippen molar-refractivity contribution in [2.24, 2.45) is 20.4 Å². The van der Waals surface area contributed by atoms with Gasteiger partial charge in [-0.1, -0.05) is 5.11 Å². The number of carbonyl (C=O) groups excluding carboxylic acids is 1. The molecule has 0 fully saturated rings. The second kappa shape index (κ2) is 2.22. The maximum atomic E-state index is 10.8. The van der Waals surface area contributed by atoms with Crippen molar-refractivity contribution in [2.75, 3.05) is 13.1 Å². The van der Waals surface area contributed by atoms with Gasteiger partial charge in [0.05, 0.1) is 6.54 Å². The summed E-state index contributed by atoms with van der Waals surface area (Å²) in [5.41, 5.74) is 0.225. The first kappa shape index (κ1) is 6.14. The molecule has 2 aliphatic rings. The second-order valence-corrected chi connectivity index (χ2v) is 2.10. The van der Waals surface area contributed by atoms with Gasteiger partial charge < -0.3 is 5.32 Å². The fraction of sp³-hybridized carbons (Fsp3) is 0.400. The molecule has 1 N–H and O–H groups in total. The zero-order chi connectivity index (χ0) is 7.68. The van der Waals surface area contributed by atoms with Crippen molar-refractivity contribution < 1.29 is 4.79 Å². The number of amidine groups is 1. The van der Waals surface area contributed by atoms with Crippen molar-refractivity contribution in [3.8, 4) is 0 Å². The van der Waals surface area contributed by atoms with Crippen LogP contribution in [0, 0.1) is 0 Å². The Morgan fingerprint density at radius 1 is 1.45 bits per heavy atom. The van der Waals surface area contributed by atoms with E-state index in [0.717, 1.165) is 6.54 Å². The van der Waals surface area contributed by atoms with Crippen LogP contribution in [0.2, 0.25) is 0 Å². The third-order valence-corrected chi connectivity index (χ3v) is 1.38. The van der Waals surface area contributed by atoms with E-state index in [1.165, 1.54) is 0 Å². The SMILES string of the molecule is O=C1N=NN=C1C1=NCCN1. The van der Waals surface area contributed by atoms with Crippen molar-refractivity contribution >= 4 is 17.5 Å². The van der Waals surface area contributed by atoms with Gasteiger partial charge >= 0.3 is 5.91 Å². The first-order valence-corrected chi connectivity index (χ1v) is 3.19. The van der Waals surface area contributed by atoms with E-state index in [2.05, 4.69) is 25.7 Å². The van der Waals surface area contributed by atoms with Crippen LogP contribution in [0.15, 0.2) is 20.4 Å². The molecule has 0 aliphatic carbocycles. The summed E-state index contributed by atoms with van der Waals surface area (Å²) >= 11 is 0. The number of nitrogens with one attached hydrogen (secondary N) is 1. The summed E-state index contributed by atoms with van der Waals surface area (Å²) in [5, 5.41) is 12.9. The quantitative estimate of drug-likeness (QED) is 0.539. The van der Waals surface area contributed by atoms with Crippen molar-refractivity contribution in [2.45, 2.75) is 0 Å². The molecule has 2 aliphatic heterocycles. The molecular formula is C5H5N5O. The molecule has 1 amide bonds. The summed E-state index contributed by atoms with van der Waals surface area (Å²) in [6, 6.07) is 0.